The number of hydrogen-bond acceptors (Lipinski definition) is 4. The van der Waals surface area contributed by atoms with E-state index in [1.807, 2.05) is 6.07 Å². The van der Waals surface area contributed by atoms with Crippen LogP contribution in [0.15, 0.2) is 12.1 Å². The predicted molar refractivity (Wildman–Crippen MR) is 82.5 cm³/mol. The van der Waals surface area contributed by atoms with E-state index in [2.05, 4.69) is 23.3 Å². The van der Waals surface area contributed by atoms with Crippen molar-refractivity contribution in [3.8, 4) is 5.88 Å². The highest BCUT2D eigenvalue weighted by molar-refractivity contribution is 5.25. The van der Waals surface area contributed by atoms with Gasteiger partial charge in [0.2, 0.25) is 5.88 Å². The normalized spacial score (nSPS) is 25.8. The Bertz CT molecular complexity index is 474. The summed E-state index contributed by atoms with van der Waals surface area (Å²) in [7, 11) is 1.79. The number of ether oxygens (including phenoxy) is 2. The van der Waals surface area contributed by atoms with Crippen LogP contribution in [0.5, 0.6) is 5.88 Å². The van der Waals surface area contributed by atoms with Crippen LogP contribution in [0.3, 0.4) is 0 Å². The van der Waals surface area contributed by atoms with Crippen molar-refractivity contribution in [3.63, 3.8) is 0 Å². The van der Waals surface area contributed by atoms with Crippen LogP contribution in [0.25, 0.3) is 0 Å². The Kier molecular flexibility index (Phi) is 4.76. The standard InChI is InChI=1S/C17H26N2O2/c1-12-13(11-18-14-7-8-14)6-9-17(19-12)21-16-5-3-4-15(10-16)20-2/h6,9,14-16,18H,3-5,7-8,10-11H2,1-2H3. The summed E-state index contributed by atoms with van der Waals surface area (Å²) in [5.41, 5.74) is 2.34. The number of nitrogens with one attached hydrogen (secondary N) is 1. The molecule has 2 saturated carbocycles. The molecule has 1 aromatic rings. The van der Waals surface area contributed by atoms with Crippen LogP contribution in [0.1, 0.15) is 49.8 Å². The first-order chi connectivity index (χ1) is 10.2. The Morgan fingerprint density at radius 1 is 1.19 bits per heavy atom. The zero-order valence-corrected chi connectivity index (χ0v) is 13.1. The van der Waals surface area contributed by atoms with Crippen LogP contribution < -0.4 is 10.1 Å². The molecule has 4 nitrogen and oxygen atoms in total. The number of methoxy groups -OCH3 is 1. The fourth-order valence-electron chi connectivity index (χ4n) is 2.96. The van der Waals surface area contributed by atoms with Crippen molar-refractivity contribution < 1.29 is 9.47 Å². The number of nitrogens with zero attached hydrogens (tertiary/aromatic N) is 1. The lowest BCUT2D eigenvalue weighted by Gasteiger charge is -2.28. The highest BCUT2D eigenvalue weighted by Crippen LogP contribution is 2.25. The van der Waals surface area contributed by atoms with Crippen LogP contribution in [0, 0.1) is 6.92 Å². The first kappa shape index (κ1) is 14.8. The van der Waals surface area contributed by atoms with Crippen molar-refractivity contribution >= 4 is 0 Å². The van der Waals surface area contributed by atoms with Gasteiger partial charge >= 0.3 is 0 Å². The van der Waals surface area contributed by atoms with Gasteiger partial charge in [-0.15, -0.1) is 0 Å². The molecule has 0 amide bonds. The maximum absolute atomic E-state index is 6.05. The van der Waals surface area contributed by atoms with Crippen LogP contribution in [0.2, 0.25) is 0 Å². The third-order valence-corrected chi connectivity index (χ3v) is 4.53. The van der Waals surface area contributed by atoms with Gasteiger partial charge in [-0.25, -0.2) is 4.98 Å². The monoisotopic (exact) mass is 290 g/mol. The smallest absolute Gasteiger partial charge is 0.213 e. The van der Waals surface area contributed by atoms with Crippen molar-refractivity contribution in [1.29, 1.82) is 0 Å². The first-order valence-electron chi connectivity index (χ1n) is 8.14. The van der Waals surface area contributed by atoms with E-state index in [0.717, 1.165) is 43.4 Å². The Balaban J connectivity index is 1.56. The largest absolute Gasteiger partial charge is 0.474 e. The van der Waals surface area contributed by atoms with Gasteiger partial charge in [0, 0.05) is 37.9 Å². The van der Waals surface area contributed by atoms with Crippen LogP contribution >= 0.6 is 0 Å². The molecule has 2 unspecified atom stereocenters. The fourth-order valence-corrected chi connectivity index (χ4v) is 2.96. The van der Waals surface area contributed by atoms with Gasteiger partial charge in [0.15, 0.2) is 0 Å². The van der Waals surface area contributed by atoms with Crippen molar-refractivity contribution in [1.82, 2.24) is 10.3 Å². The fraction of sp³-hybridized carbons (Fsp3) is 0.706. The molecule has 0 spiro atoms. The summed E-state index contributed by atoms with van der Waals surface area (Å²) in [6.07, 6.45) is 7.61. The Morgan fingerprint density at radius 3 is 2.71 bits per heavy atom. The summed E-state index contributed by atoms with van der Waals surface area (Å²) < 4.78 is 11.5. The summed E-state index contributed by atoms with van der Waals surface area (Å²) in [5, 5.41) is 3.53. The molecule has 0 radical (unpaired) electrons. The number of hydrogen-bond donors (Lipinski definition) is 1. The van der Waals surface area contributed by atoms with Gasteiger partial charge in [-0.3, -0.25) is 0 Å². The minimum atomic E-state index is 0.242. The molecule has 4 heteroatoms. The van der Waals surface area contributed by atoms with Crippen LogP contribution in [0.4, 0.5) is 0 Å². The number of aryl methyl sites for hydroxylation is 1. The molecule has 2 atom stereocenters. The molecule has 2 fully saturated rings. The summed E-state index contributed by atoms with van der Waals surface area (Å²) >= 11 is 0. The van der Waals surface area contributed by atoms with Gasteiger partial charge in [0.25, 0.3) is 0 Å². The summed E-state index contributed by atoms with van der Waals surface area (Å²) in [5.74, 6) is 0.754. The molecule has 21 heavy (non-hydrogen) atoms. The molecule has 0 saturated heterocycles. The quantitative estimate of drug-likeness (QED) is 0.874. The maximum Gasteiger partial charge on any atom is 0.213 e. The van der Waals surface area contributed by atoms with Crippen molar-refractivity contribution in [2.75, 3.05) is 7.11 Å². The first-order valence-corrected chi connectivity index (χ1v) is 8.14. The van der Waals surface area contributed by atoms with Crippen LogP contribution in [-0.4, -0.2) is 30.3 Å². The van der Waals surface area contributed by atoms with Gasteiger partial charge < -0.3 is 14.8 Å². The van der Waals surface area contributed by atoms with Gasteiger partial charge in [0.05, 0.1) is 6.10 Å². The van der Waals surface area contributed by atoms with Gasteiger partial charge in [-0.1, -0.05) is 6.07 Å². The minimum absolute atomic E-state index is 0.242. The van der Waals surface area contributed by atoms with Gasteiger partial charge in [-0.2, -0.15) is 0 Å². The van der Waals surface area contributed by atoms with Crippen LogP contribution in [-0.2, 0) is 11.3 Å². The number of aromatic nitrogens is 1. The Hall–Kier alpha value is -1.13. The molecule has 0 aliphatic heterocycles. The van der Waals surface area contributed by atoms with Gasteiger partial charge in [-0.05, 0) is 44.6 Å². The van der Waals surface area contributed by atoms with E-state index in [1.54, 1.807) is 7.11 Å². The minimum Gasteiger partial charge on any atom is -0.474 e. The lowest BCUT2D eigenvalue weighted by Crippen LogP contribution is -2.29. The van der Waals surface area contributed by atoms with Crippen molar-refractivity contribution in [2.45, 2.75) is 70.2 Å². The molecule has 0 aromatic carbocycles. The molecule has 2 aliphatic carbocycles. The van der Waals surface area contributed by atoms with E-state index < -0.39 is 0 Å². The second kappa shape index (κ2) is 6.75. The Labute approximate surface area is 127 Å². The summed E-state index contributed by atoms with van der Waals surface area (Å²) in [4.78, 5) is 4.61. The SMILES string of the molecule is COC1CCCC(Oc2ccc(CNC3CC3)c(C)n2)C1. The molecule has 2 aliphatic rings. The maximum atomic E-state index is 6.05. The molecule has 1 heterocycles. The van der Waals surface area contributed by atoms with Crippen molar-refractivity contribution in [2.24, 2.45) is 0 Å². The second-order valence-corrected chi connectivity index (χ2v) is 6.31. The Morgan fingerprint density at radius 2 is 2.00 bits per heavy atom. The molecule has 1 N–H and O–H groups in total. The lowest BCUT2D eigenvalue weighted by atomic mass is 9.95. The van der Waals surface area contributed by atoms with Gasteiger partial charge in [0.1, 0.15) is 6.10 Å². The highest BCUT2D eigenvalue weighted by Gasteiger charge is 2.24. The number of pyridine rings is 1. The molecule has 3 rings (SSSR count). The second-order valence-electron chi connectivity index (χ2n) is 6.31. The van der Waals surface area contributed by atoms with Crippen molar-refractivity contribution in [3.05, 3.63) is 23.4 Å². The third-order valence-electron chi connectivity index (χ3n) is 4.53. The molecular formula is C17H26N2O2. The van der Waals surface area contributed by atoms with E-state index in [-0.39, 0.29) is 6.10 Å². The third kappa shape index (κ3) is 4.17. The summed E-state index contributed by atoms with van der Waals surface area (Å²) in [6, 6.07) is 4.88. The van der Waals surface area contributed by atoms with E-state index in [1.165, 1.54) is 24.8 Å². The van der Waals surface area contributed by atoms with E-state index >= 15 is 0 Å². The number of rotatable bonds is 6. The average molecular weight is 290 g/mol. The highest BCUT2D eigenvalue weighted by atomic mass is 16.5. The van der Waals surface area contributed by atoms with E-state index in [9.17, 15) is 0 Å². The van der Waals surface area contributed by atoms with E-state index in [4.69, 9.17) is 9.47 Å². The predicted octanol–water partition coefficient (Wildman–Crippen LogP) is 2.98. The molecule has 116 valence electrons. The topological polar surface area (TPSA) is 43.4 Å². The summed E-state index contributed by atoms with van der Waals surface area (Å²) in [6.45, 7) is 2.98. The lowest BCUT2D eigenvalue weighted by molar-refractivity contribution is 0.0194. The molecular weight excluding hydrogens is 264 g/mol. The average Bonchev–Trinajstić information content (AvgIpc) is 3.31. The zero-order valence-electron chi connectivity index (χ0n) is 13.1. The zero-order chi connectivity index (χ0) is 14.7. The molecule has 0 bridgehead atoms. The molecule has 1 aromatic heterocycles. The van der Waals surface area contributed by atoms with E-state index in [0.29, 0.717) is 6.10 Å².